The van der Waals surface area contributed by atoms with E-state index >= 15 is 0 Å². The van der Waals surface area contributed by atoms with Gasteiger partial charge < -0.3 is 15.0 Å². The summed E-state index contributed by atoms with van der Waals surface area (Å²) >= 11 is 0. The molecular formula is C17H20N4O5. The second kappa shape index (κ2) is 7.82. The predicted molar refractivity (Wildman–Crippen MR) is 92.7 cm³/mol. The van der Waals surface area contributed by atoms with Crippen molar-refractivity contribution in [3.63, 3.8) is 0 Å². The van der Waals surface area contributed by atoms with E-state index in [0.717, 1.165) is 18.9 Å². The van der Waals surface area contributed by atoms with Crippen LogP contribution >= 0.6 is 0 Å². The van der Waals surface area contributed by atoms with Gasteiger partial charge in [-0.25, -0.2) is 4.79 Å². The minimum absolute atomic E-state index is 0.0223. The molecule has 1 N–H and O–H groups in total. The molecule has 1 fully saturated rings. The highest BCUT2D eigenvalue weighted by atomic mass is 16.6. The lowest BCUT2D eigenvalue weighted by Crippen LogP contribution is -2.46. The van der Waals surface area contributed by atoms with Gasteiger partial charge in [0, 0.05) is 20.2 Å². The molecule has 1 amide bonds. The van der Waals surface area contributed by atoms with Crippen molar-refractivity contribution in [2.75, 3.05) is 25.6 Å². The molecule has 0 saturated heterocycles. The van der Waals surface area contributed by atoms with Crippen LogP contribution in [0.1, 0.15) is 36.0 Å². The Labute approximate surface area is 150 Å². The van der Waals surface area contributed by atoms with Crippen molar-refractivity contribution in [1.29, 1.82) is 5.26 Å². The topological polar surface area (TPSA) is 126 Å². The van der Waals surface area contributed by atoms with Crippen LogP contribution in [0.2, 0.25) is 0 Å². The van der Waals surface area contributed by atoms with E-state index in [1.54, 1.807) is 19.0 Å². The van der Waals surface area contributed by atoms with E-state index in [1.165, 1.54) is 12.1 Å². The number of ether oxygens (including phenoxy) is 1. The van der Waals surface area contributed by atoms with Crippen molar-refractivity contribution in [2.24, 2.45) is 0 Å². The first-order valence-corrected chi connectivity index (χ1v) is 8.13. The Morgan fingerprint density at radius 2 is 2.04 bits per heavy atom. The Kier molecular flexibility index (Phi) is 5.77. The summed E-state index contributed by atoms with van der Waals surface area (Å²) in [7, 11) is 3.30. The number of hydrogen-bond donors (Lipinski definition) is 1. The number of rotatable bonds is 6. The van der Waals surface area contributed by atoms with Gasteiger partial charge in [-0.15, -0.1) is 0 Å². The fraction of sp³-hybridized carbons (Fsp3) is 0.471. The number of nitro benzene ring substituents is 1. The van der Waals surface area contributed by atoms with Gasteiger partial charge in [0.2, 0.25) is 0 Å². The van der Waals surface area contributed by atoms with Crippen molar-refractivity contribution in [1.82, 2.24) is 5.32 Å². The molecule has 0 spiro atoms. The lowest BCUT2D eigenvalue weighted by molar-refractivity contribution is -0.384. The van der Waals surface area contributed by atoms with E-state index in [4.69, 9.17) is 4.74 Å². The summed E-state index contributed by atoms with van der Waals surface area (Å²) in [6.07, 6.45) is 2.85. The van der Waals surface area contributed by atoms with E-state index in [2.05, 4.69) is 11.4 Å². The summed E-state index contributed by atoms with van der Waals surface area (Å²) in [5.41, 5.74) is -0.800. The summed E-state index contributed by atoms with van der Waals surface area (Å²) < 4.78 is 4.93. The summed E-state index contributed by atoms with van der Waals surface area (Å²) in [4.78, 5) is 36.2. The highest BCUT2D eigenvalue weighted by molar-refractivity contribution is 5.93. The normalized spacial score (nSPS) is 15.0. The van der Waals surface area contributed by atoms with E-state index in [9.17, 15) is 25.0 Å². The van der Waals surface area contributed by atoms with Crippen molar-refractivity contribution < 1.29 is 19.2 Å². The van der Waals surface area contributed by atoms with Crippen molar-refractivity contribution in [3.8, 4) is 6.07 Å². The standard InChI is InChI=1S/C17H20N4O5/c1-20(2)13-6-5-12(9-14(13)21(24)25)16(23)26-10-15(22)19-17(11-18)7-3-4-8-17/h5-6,9H,3-4,7-8,10H2,1-2H3,(H,19,22). The third kappa shape index (κ3) is 4.27. The van der Waals surface area contributed by atoms with Gasteiger partial charge in [-0.1, -0.05) is 0 Å². The number of nitro groups is 1. The lowest BCUT2D eigenvalue weighted by Gasteiger charge is -2.21. The molecule has 0 unspecified atom stereocenters. The van der Waals surface area contributed by atoms with Gasteiger partial charge >= 0.3 is 5.97 Å². The quantitative estimate of drug-likeness (QED) is 0.465. The maximum atomic E-state index is 12.1. The summed E-state index contributed by atoms with van der Waals surface area (Å²) in [6.45, 7) is -0.550. The number of nitrogens with one attached hydrogen (secondary N) is 1. The summed E-state index contributed by atoms with van der Waals surface area (Å²) in [6, 6.07) is 6.07. The molecule has 1 aromatic carbocycles. The minimum Gasteiger partial charge on any atom is -0.452 e. The fourth-order valence-corrected chi connectivity index (χ4v) is 2.94. The Morgan fingerprint density at radius 3 is 2.58 bits per heavy atom. The molecule has 138 valence electrons. The van der Waals surface area contributed by atoms with E-state index in [-0.39, 0.29) is 11.3 Å². The molecule has 0 aliphatic heterocycles. The van der Waals surface area contributed by atoms with Crippen molar-refractivity contribution in [3.05, 3.63) is 33.9 Å². The van der Waals surface area contributed by atoms with Gasteiger partial charge in [-0.2, -0.15) is 5.26 Å². The van der Waals surface area contributed by atoms with Crippen LogP contribution in [0, 0.1) is 21.4 Å². The maximum absolute atomic E-state index is 12.1. The minimum atomic E-state index is -0.893. The second-order valence-electron chi connectivity index (χ2n) is 6.38. The number of nitriles is 1. The molecule has 9 heteroatoms. The number of nitrogens with zero attached hydrogens (tertiary/aromatic N) is 3. The Morgan fingerprint density at radius 1 is 1.38 bits per heavy atom. The molecule has 2 rings (SSSR count). The third-order valence-corrected chi connectivity index (χ3v) is 4.27. The molecule has 0 bridgehead atoms. The molecular weight excluding hydrogens is 340 g/mol. The molecule has 0 heterocycles. The van der Waals surface area contributed by atoms with Gasteiger partial charge in [0.25, 0.3) is 11.6 Å². The first-order valence-electron chi connectivity index (χ1n) is 8.13. The highest BCUT2D eigenvalue weighted by Crippen LogP contribution is 2.29. The lowest BCUT2D eigenvalue weighted by atomic mass is 10.00. The maximum Gasteiger partial charge on any atom is 0.338 e. The second-order valence-corrected chi connectivity index (χ2v) is 6.38. The van der Waals surface area contributed by atoms with Gasteiger partial charge in [0.05, 0.1) is 16.6 Å². The first kappa shape index (κ1) is 19.2. The zero-order valence-corrected chi connectivity index (χ0v) is 14.7. The van der Waals surface area contributed by atoms with Crippen LogP contribution in [-0.4, -0.2) is 43.0 Å². The van der Waals surface area contributed by atoms with E-state index in [0.29, 0.717) is 18.5 Å². The molecule has 1 aromatic rings. The Hall–Kier alpha value is -3.15. The number of amides is 1. The first-order chi connectivity index (χ1) is 12.3. The monoisotopic (exact) mass is 360 g/mol. The number of anilines is 1. The third-order valence-electron chi connectivity index (χ3n) is 4.27. The van der Waals surface area contributed by atoms with Crippen molar-refractivity contribution >= 4 is 23.3 Å². The molecule has 1 aliphatic carbocycles. The van der Waals surface area contributed by atoms with E-state index in [1.807, 2.05) is 0 Å². The summed E-state index contributed by atoms with van der Waals surface area (Å²) in [5.74, 6) is -1.41. The molecule has 0 atom stereocenters. The molecule has 1 saturated carbocycles. The Bertz CT molecular complexity index is 763. The number of esters is 1. The van der Waals surface area contributed by atoms with Crippen LogP contribution in [0.5, 0.6) is 0 Å². The predicted octanol–water partition coefficient (Wildman–Crippen LogP) is 1.77. The van der Waals surface area contributed by atoms with Crippen LogP contribution < -0.4 is 10.2 Å². The number of carbonyl (C=O) groups excluding carboxylic acids is 2. The average Bonchev–Trinajstić information content (AvgIpc) is 3.07. The SMILES string of the molecule is CN(C)c1ccc(C(=O)OCC(=O)NC2(C#N)CCCC2)cc1[N+](=O)[O-]. The number of carbonyl (C=O) groups is 2. The highest BCUT2D eigenvalue weighted by Gasteiger charge is 2.35. The van der Waals surface area contributed by atoms with Crippen LogP contribution in [0.3, 0.4) is 0 Å². The molecule has 1 aliphatic rings. The average molecular weight is 360 g/mol. The van der Waals surface area contributed by atoms with Gasteiger partial charge in [0.15, 0.2) is 6.61 Å². The van der Waals surface area contributed by atoms with Crippen LogP contribution in [-0.2, 0) is 9.53 Å². The number of benzene rings is 1. The van der Waals surface area contributed by atoms with Gasteiger partial charge in [-0.05, 0) is 37.8 Å². The zero-order chi connectivity index (χ0) is 19.3. The largest absolute Gasteiger partial charge is 0.452 e. The van der Waals surface area contributed by atoms with Crippen LogP contribution in [0.15, 0.2) is 18.2 Å². The van der Waals surface area contributed by atoms with E-state index < -0.39 is 28.9 Å². The van der Waals surface area contributed by atoms with Gasteiger partial charge in [-0.3, -0.25) is 14.9 Å². The molecule has 0 aromatic heterocycles. The fourth-order valence-electron chi connectivity index (χ4n) is 2.94. The summed E-state index contributed by atoms with van der Waals surface area (Å²) in [5, 5.41) is 23.0. The van der Waals surface area contributed by atoms with Crippen molar-refractivity contribution in [2.45, 2.75) is 31.2 Å². The molecule has 9 nitrogen and oxygen atoms in total. The van der Waals surface area contributed by atoms with Gasteiger partial charge in [0.1, 0.15) is 11.2 Å². The van der Waals surface area contributed by atoms with Crippen LogP contribution in [0.4, 0.5) is 11.4 Å². The number of hydrogen-bond acceptors (Lipinski definition) is 7. The molecule has 0 radical (unpaired) electrons. The zero-order valence-electron chi connectivity index (χ0n) is 14.7. The smallest absolute Gasteiger partial charge is 0.338 e. The Balaban J connectivity index is 2.01. The molecule has 26 heavy (non-hydrogen) atoms. The van der Waals surface area contributed by atoms with Crippen LogP contribution in [0.25, 0.3) is 0 Å².